The van der Waals surface area contributed by atoms with E-state index in [0.29, 0.717) is 6.54 Å². The number of amides is 1. The Kier molecular flexibility index (Phi) is 9.99. The van der Waals surface area contributed by atoms with Gasteiger partial charge in [-0.05, 0) is 43.5 Å². The number of hydrogen-bond acceptors (Lipinski definition) is 3. The molecule has 1 aliphatic rings. The van der Waals surface area contributed by atoms with Crippen molar-refractivity contribution in [2.75, 3.05) is 13.1 Å². The van der Waals surface area contributed by atoms with Crippen LogP contribution < -0.4 is 11.1 Å². The van der Waals surface area contributed by atoms with Crippen LogP contribution >= 0.6 is 12.4 Å². The normalized spacial score (nSPS) is 16.8. The van der Waals surface area contributed by atoms with Gasteiger partial charge in [0, 0.05) is 13.1 Å². The minimum absolute atomic E-state index is 0. The monoisotopic (exact) mass is 353 g/mol. The van der Waals surface area contributed by atoms with Crippen molar-refractivity contribution in [2.24, 2.45) is 5.73 Å². The molecule has 1 heterocycles. The molecule has 3 N–H and O–H groups in total. The topological polar surface area (TPSA) is 58.4 Å². The number of hydrogen-bond donors (Lipinski definition) is 2. The molecule has 1 unspecified atom stereocenters. The van der Waals surface area contributed by atoms with E-state index in [1.165, 1.54) is 44.3 Å². The highest BCUT2D eigenvalue weighted by molar-refractivity contribution is 5.85. The Bertz CT molecular complexity index is 487. The van der Waals surface area contributed by atoms with Gasteiger partial charge in [0.25, 0.3) is 0 Å². The van der Waals surface area contributed by atoms with Crippen molar-refractivity contribution in [1.82, 2.24) is 10.2 Å². The number of nitrogens with one attached hydrogen (secondary N) is 1. The van der Waals surface area contributed by atoms with Crippen molar-refractivity contribution < 1.29 is 4.79 Å². The van der Waals surface area contributed by atoms with Crippen LogP contribution in [0, 0.1) is 0 Å². The predicted molar refractivity (Wildman–Crippen MR) is 102 cm³/mol. The predicted octanol–water partition coefficient (Wildman–Crippen LogP) is 3.23. The number of halogens is 1. The van der Waals surface area contributed by atoms with Gasteiger partial charge in [-0.2, -0.15) is 0 Å². The SMILES string of the molecule is CCCC(N)C(=O)NCc1cccc(CN2CCCCCC2)c1.Cl. The van der Waals surface area contributed by atoms with Gasteiger partial charge in [-0.25, -0.2) is 0 Å². The highest BCUT2D eigenvalue weighted by atomic mass is 35.5. The Morgan fingerprint density at radius 2 is 1.88 bits per heavy atom. The molecule has 136 valence electrons. The van der Waals surface area contributed by atoms with Crippen LogP contribution in [0.1, 0.15) is 56.6 Å². The molecule has 2 rings (SSSR count). The average molecular weight is 354 g/mol. The number of likely N-dealkylation sites (tertiary alicyclic amines) is 1. The minimum Gasteiger partial charge on any atom is -0.351 e. The first-order valence-corrected chi connectivity index (χ1v) is 9.02. The molecular formula is C19H32ClN3O. The second-order valence-corrected chi connectivity index (χ2v) is 6.62. The summed E-state index contributed by atoms with van der Waals surface area (Å²) in [6.07, 6.45) is 7.01. The summed E-state index contributed by atoms with van der Waals surface area (Å²) in [5.41, 5.74) is 8.32. The van der Waals surface area contributed by atoms with Gasteiger partial charge in [-0.1, -0.05) is 50.5 Å². The highest BCUT2D eigenvalue weighted by Crippen LogP contribution is 2.14. The molecule has 1 atom stereocenters. The fourth-order valence-corrected chi connectivity index (χ4v) is 3.15. The van der Waals surface area contributed by atoms with E-state index >= 15 is 0 Å². The lowest BCUT2D eigenvalue weighted by Gasteiger charge is -2.20. The summed E-state index contributed by atoms with van der Waals surface area (Å²) in [5, 5.41) is 2.95. The molecule has 4 nitrogen and oxygen atoms in total. The first-order chi connectivity index (χ1) is 11.2. The lowest BCUT2D eigenvalue weighted by molar-refractivity contribution is -0.122. The van der Waals surface area contributed by atoms with Crippen molar-refractivity contribution >= 4 is 18.3 Å². The number of carbonyl (C=O) groups excluding carboxylic acids is 1. The van der Waals surface area contributed by atoms with E-state index in [0.717, 1.165) is 24.9 Å². The minimum atomic E-state index is -0.389. The summed E-state index contributed by atoms with van der Waals surface area (Å²) in [7, 11) is 0. The van der Waals surface area contributed by atoms with Gasteiger partial charge in [0.2, 0.25) is 5.91 Å². The van der Waals surface area contributed by atoms with Gasteiger partial charge in [0.15, 0.2) is 0 Å². The van der Waals surface area contributed by atoms with E-state index in [-0.39, 0.29) is 24.4 Å². The molecule has 0 aliphatic carbocycles. The fraction of sp³-hybridized carbons (Fsp3) is 0.632. The maximum atomic E-state index is 11.9. The molecule has 0 radical (unpaired) electrons. The van der Waals surface area contributed by atoms with Crippen molar-refractivity contribution in [3.05, 3.63) is 35.4 Å². The van der Waals surface area contributed by atoms with Crippen molar-refractivity contribution in [1.29, 1.82) is 0 Å². The lowest BCUT2D eigenvalue weighted by atomic mass is 10.1. The number of benzene rings is 1. The first-order valence-electron chi connectivity index (χ1n) is 9.02. The summed E-state index contributed by atoms with van der Waals surface area (Å²) in [6.45, 7) is 6.01. The van der Waals surface area contributed by atoms with Crippen molar-refractivity contribution in [3.63, 3.8) is 0 Å². The van der Waals surface area contributed by atoms with Gasteiger partial charge in [-0.3, -0.25) is 9.69 Å². The van der Waals surface area contributed by atoms with Gasteiger partial charge in [-0.15, -0.1) is 12.4 Å². The van der Waals surface area contributed by atoms with Crippen LogP contribution in [0.2, 0.25) is 0 Å². The summed E-state index contributed by atoms with van der Waals surface area (Å²) in [6, 6.07) is 8.15. The largest absolute Gasteiger partial charge is 0.351 e. The van der Waals surface area contributed by atoms with Crippen molar-refractivity contribution in [3.8, 4) is 0 Å². The molecule has 1 aromatic rings. The lowest BCUT2D eigenvalue weighted by Crippen LogP contribution is -2.40. The Balaban J connectivity index is 0.00000288. The third-order valence-electron chi connectivity index (χ3n) is 4.50. The van der Waals surface area contributed by atoms with Gasteiger partial charge < -0.3 is 11.1 Å². The molecule has 0 bridgehead atoms. The molecular weight excluding hydrogens is 322 g/mol. The number of rotatable bonds is 7. The molecule has 1 amide bonds. The van der Waals surface area contributed by atoms with E-state index < -0.39 is 0 Å². The van der Waals surface area contributed by atoms with Crippen LogP contribution in [0.5, 0.6) is 0 Å². The Morgan fingerprint density at radius 3 is 2.54 bits per heavy atom. The van der Waals surface area contributed by atoms with E-state index in [1.807, 2.05) is 6.92 Å². The Hall–Kier alpha value is -1.10. The van der Waals surface area contributed by atoms with E-state index in [9.17, 15) is 4.79 Å². The van der Waals surface area contributed by atoms with E-state index in [2.05, 4.69) is 34.5 Å². The van der Waals surface area contributed by atoms with Crippen LogP contribution in [0.4, 0.5) is 0 Å². The molecule has 24 heavy (non-hydrogen) atoms. The maximum absolute atomic E-state index is 11.9. The molecule has 5 heteroatoms. The standard InChI is InChI=1S/C19H31N3O.ClH/c1-2-8-18(20)19(23)21-14-16-9-7-10-17(13-16)15-22-11-5-3-4-6-12-22;/h7,9-10,13,18H,2-6,8,11-12,14-15,20H2,1H3,(H,21,23);1H. The fourth-order valence-electron chi connectivity index (χ4n) is 3.15. The molecule has 0 aromatic heterocycles. The number of nitrogens with two attached hydrogens (primary N) is 1. The molecule has 0 saturated carbocycles. The molecule has 1 aromatic carbocycles. The summed E-state index contributed by atoms with van der Waals surface area (Å²) >= 11 is 0. The molecule has 0 spiro atoms. The Morgan fingerprint density at radius 1 is 1.21 bits per heavy atom. The zero-order valence-corrected chi connectivity index (χ0v) is 15.6. The van der Waals surface area contributed by atoms with Crippen molar-refractivity contribution in [2.45, 2.75) is 64.6 Å². The molecule has 1 aliphatic heterocycles. The second kappa shape index (κ2) is 11.5. The third-order valence-corrected chi connectivity index (χ3v) is 4.50. The van der Waals surface area contributed by atoms with Gasteiger partial charge in [0.1, 0.15) is 0 Å². The zero-order chi connectivity index (χ0) is 16.5. The highest BCUT2D eigenvalue weighted by Gasteiger charge is 2.12. The van der Waals surface area contributed by atoms with Gasteiger partial charge >= 0.3 is 0 Å². The Labute approximate surface area is 152 Å². The number of carbonyl (C=O) groups is 1. The van der Waals surface area contributed by atoms with Crippen LogP contribution in [-0.4, -0.2) is 29.9 Å². The van der Waals surface area contributed by atoms with Gasteiger partial charge in [0.05, 0.1) is 6.04 Å². The third kappa shape index (κ3) is 7.20. The van der Waals surface area contributed by atoms with E-state index in [4.69, 9.17) is 5.73 Å². The van der Waals surface area contributed by atoms with Crippen LogP contribution in [0.25, 0.3) is 0 Å². The first kappa shape index (κ1) is 20.9. The molecule has 1 saturated heterocycles. The van der Waals surface area contributed by atoms with E-state index in [1.54, 1.807) is 0 Å². The van der Waals surface area contributed by atoms with Crippen LogP contribution in [0.3, 0.4) is 0 Å². The quantitative estimate of drug-likeness (QED) is 0.791. The second-order valence-electron chi connectivity index (χ2n) is 6.62. The zero-order valence-electron chi connectivity index (χ0n) is 14.8. The molecule has 1 fully saturated rings. The average Bonchev–Trinajstić information content (AvgIpc) is 2.82. The summed E-state index contributed by atoms with van der Waals surface area (Å²) in [5.74, 6) is -0.0511. The summed E-state index contributed by atoms with van der Waals surface area (Å²) < 4.78 is 0. The summed E-state index contributed by atoms with van der Waals surface area (Å²) in [4.78, 5) is 14.4. The van der Waals surface area contributed by atoms with Crippen LogP contribution in [-0.2, 0) is 17.9 Å². The smallest absolute Gasteiger partial charge is 0.237 e. The van der Waals surface area contributed by atoms with Crippen LogP contribution in [0.15, 0.2) is 24.3 Å². The maximum Gasteiger partial charge on any atom is 0.237 e. The number of nitrogens with zero attached hydrogens (tertiary/aromatic N) is 1.